The third kappa shape index (κ3) is 4.84. The molecule has 2 bridgehead atoms. The van der Waals surface area contributed by atoms with Crippen LogP contribution >= 0.6 is 0 Å². The Bertz CT molecular complexity index is 885. The molecule has 3 unspecified atom stereocenters. The Morgan fingerprint density at radius 1 is 1.10 bits per heavy atom. The highest BCUT2D eigenvalue weighted by Crippen LogP contribution is 2.49. The summed E-state index contributed by atoms with van der Waals surface area (Å²) in [7, 11) is 0. The van der Waals surface area contributed by atoms with Crippen LogP contribution in [0.5, 0.6) is 0 Å². The number of amides is 1. The van der Waals surface area contributed by atoms with Crippen molar-refractivity contribution < 1.29 is 9.32 Å². The highest BCUT2D eigenvalue weighted by atomic mass is 16.5. The molecule has 3 atom stereocenters. The van der Waals surface area contributed by atoms with E-state index in [-0.39, 0.29) is 0 Å². The van der Waals surface area contributed by atoms with E-state index in [9.17, 15) is 4.79 Å². The summed E-state index contributed by atoms with van der Waals surface area (Å²) < 4.78 is 5.44. The number of piperazine rings is 1. The predicted molar refractivity (Wildman–Crippen MR) is 119 cm³/mol. The van der Waals surface area contributed by atoms with Crippen LogP contribution in [0, 0.1) is 24.7 Å². The van der Waals surface area contributed by atoms with Gasteiger partial charge in [0.25, 0.3) is 0 Å². The number of aromatic nitrogens is 2. The van der Waals surface area contributed by atoms with Crippen LogP contribution in [0.4, 0.5) is 0 Å². The van der Waals surface area contributed by atoms with Gasteiger partial charge in [-0.25, -0.2) is 0 Å². The van der Waals surface area contributed by atoms with Crippen molar-refractivity contribution in [2.45, 2.75) is 51.9 Å². The molecule has 1 aromatic carbocycles. The normalized spacial score (nSPS) is 26.0. The lowest BCUT2D eigenvalue weighted by molar-refractivity contribution is -0.134. The molecule has 1 aromatic heterocycles. The van der Waals surface area contributed by atoms with Gasteiger partial charge in [-0.05, 0) is 56.9 Å². The average molecular weight is 423 g/mol. The number of rotatable bonds is 7. The molecule has 31 heavy (non-hydrogen) atoms. The smallest absolute Gasteiger partial charge is 0.227 e. The van der Waals surface area contributed by atoms with Crippen molar-refractivity contribution in [3.05, 3.63) is 35.7 Å². The van der Waals surface area contributed by atoms with Gasteiger partial charge in [-0.3, -0.25) is 9.69 Å². The zero-order chi connectivity index (χ0) is 21.2. The van der Waals surface area contributed by atoms with E-state index in [0.29, 0.717) is 23.5 Å². The minimum Gasteiger partial charge on any atom is -0.340 e. The molecular weight excluding hydrogens is 388 g/mol. The Morgan fingerprint density at radius 2 is 1.90 bits per heavy atom. The van der Waals surface area contributed by atoms with E-state index in [2.05, 4.69) is 39.0 Å². The van der Waals surface area contributed by atoms with E-state index in [1.165, 1.54) is 31.2 Å². The van der Waals surface area contributed by atoms with Crippen LogP contribution < -0.4 is 0 Å². The van der Waals surface area contributed by atoms with Gasteiger partial charge in [0.1, 0.15) is 0 Å². The predicted octanol–water partition coefficient (Wildman–Crippen LogP) is 3.95. The van der Waals surface area contributed by atoms with Crippen LogP contribution in [-0.4, -0.2) is 58.6 Å². The van der Waals surface area contributed by atoms with Gasteiger partial charge in [0, 0.05) is 44.6 Å². The second kappa shape index (κ2) is 9.11. The van der Waals surface area contributed by atoms with Crippen molar-refractivity contribution >= 4 is 5.91 Å². The minimum absolute atomic E-state index is 0.395. The summed E-state index contributed by atoms with van der Waals surface area (Å²) in [5.74, 6) is 4.20. The lowest BCUT2D eigenvalue weighted by atomic mass is 9.86. The zero-order valence-corrected chi connectivity index (χ0v) is 18.6. The van der Waals surface area contributed by atoms with Crippen molar-refractivity contribution in [3.63, 3.8) is 0 Å². The Kier molecular flexibility index (Phi) is 6.08. The van der Waals surface area contributed by atoms with Crippen molar-refractivity contribution in [1.29, 1.82) is 0 Å². The van der Waals surface area contributed by atoms with Crippen LogP contribution in [-0.2, 0) is 11.2 Å². The second-order valence-corrected chi connectivity index (χ2v) is 9.84. The Balaban J connectivity index is 1.02. The van der Waals surface area contributed by atoms with Crippen LogP contribution in [0.25, 0.3) is 11.4 Å². The second-order valence-electron chi connectivity index (χ2n) is 9.84. The Labute approximate surface area is 185 Å². The molecule has 166 valence electrons. The fourth-order valence-corrected chi connectivity index (χ4v) is 5.83. The number of hydrogen-bond acceptors (Lipinski definition) is 5. The van der Waals surface area contributed by atoms with Gasteiger partial charge >= 0.3 is 0 Å². The summed E-state index contributed by atoms with van der Waals surface area (Å²) in [5, 5.41) is 4.12. The third-order valence-electron chi connectivity index (χ3n) is 7.69. The molecule has 6 nitrogen and oxygen atoms in total. The lowest BCUT2D eigenvalue weighted by Crippen LogP contribution is -2.49. The van der Waals surface area contributed by atoms with E-state index in [1.54, 1.807) is 0 Å². The van der Waals surface area contributed by atoms with Crippen LogP contribution in [0.2, 0.25) is 0 Å². The first-order valence-electron chi connectivity index (χ1n) is 12.0. The molecule has 2 aromatic rings. The third-order valence-corrected chi connectivity index (χ3v) is 7.69. The van der Waals surface area contributed by atoms with Gasteiger partial charge in [0.2, 0.25) is 17.6 Å². The van der Waals surface area contributed by atoms with E-state index in [0.717, 1.165) is 69.4 Å². The summed E-state index contributed by atoms with van der Waals surface area (Å²) in [6.45, 7) is 6.77. The van der Waals surface area contributed by atoms with Gasteiger partial charge in [0.05, 0.1) is 0 Å². The average Bonchev–Trinajstić information content (AvgIpc) is 3.52. The molecule has 1 saturated heterocycles. The molecule has 0 N–H and O–H groups in total. The maximum Gasteiger partial charge on any atom is 0.227 e. The van der Waals surface area contributed by atoms with E-state index >= 15 is 0 Å². The first-order chi connectivity index (χ1) is 15.1. The van der Waals surface area contributed by atoms with Crippen LogP contribution in [0.15, 0.2) is 28.8 Å². The summed E-state index contributed by atoms with van der Waals surface area (Å²) in [6.07, 6.45) is 8.04. The summed E-state index contributed by atoms with van der Waals surface area (Å²) >= 11 is 0. The van der Waals surface area contributed by atoms with Crippen molar-refractivity contribution in [2.75, 3.05) is 32.7 Å². The fraction of sp³-hybridized carbons (Fsp3) is 0.640. The number of benzene rings is 1. The molecule has 5 rings (SSSR count). The largest absolute Gasteiger partial charge is 0.340 e. The number of nitrogens with zero attached hydrogens (tertiary/aromatic N) is 4. The van der Waals surface area contributed by atoms with Crippen LogP contribution in [0.3, 0.4) is 0 Å². The summed E-state index contributed by atoms with van der Waals surface area (Å²) in [5.41, 5.74) is 2.21. The van der Waals surface area contributed by atoms with E-state index in [1.807, 2.05) is 12.1 Å². The van der Waals surface area contributed by atoms with Gasteiger partial charge < -0.3 is 9.42 Å². The lowest BCUT2D eigenvalue weighted by Gasteiger charge is -2.35. The number of hydrogen-bond donors (Lipinski definition) is 0. The number of carbonyl (C=O) groups excluding carboxylic acids is 1. The van der Waals surface area contributed by atoms with Crippen molar-refractivity contribution in [1.82, 2.24) is 19.9 Å². The molecule has 3 fully saturated rings. The molecule has 3 aliphatic rings. The topological polar surface area (TPSA) is 62.5 Å². The molecule has 2 heterocycles. The molecule has 6 heteroatoms. The number of aryl methyl sites for hydroxylation is 2. The summed E-state index contributed by atoms with van der Waals surface area (Å²) in [4.78, 5) is 21.9. The highest BCUT2D eigenvalue weighted by molar-refractivity contribution is 5.76. The maximum absolute atomic E-state index is 12.8. The first kappa shape index (κ1) is 20.7. The number of fused-ring (bicyclic) bond motifs is 2. The van der Waals surface area contributed by atoms with Crippen molar-refractivity contribution in [3.8, 4) is 11.4 Å². The zero-order valence-electron chi connectivity index (χ0n) is 18.6. The van der Waals surface area contributed by atoms with E-state index in [4.69, 9.17) is 4.52 Å². The minimum atomic E-state index is 0.395. The molecule has 2 aliphatic carbocycles. The quantitative estimate of drug-likeness (QED) is 0.676. The van der Waals surface area contributed by atoms with E-state index < -0.39 is 0 Å². The molecular formula is C25H34N4O2. The Hall–Kier alpha value is -2.21. The Morgan fingerprint density at radius 3 is 2.61 bits per heavy atom. The highest BCUT2D eigenvalue weighted by Gasteiger charge is 2.40. The van der Waals surface area contributed by atoms with Gasteiger partial charge in [-0.1, -0.05) is 41.4 Å². The van der Waals surface area contributed by atoms with Crippen LogP contribution in [0.1, 0.15) is 50.0 Å². The van der Waals surface area contributed by atoms with Gasteiger partial charge in [-0.15, -0.1) is 0 Å². The fourth-order valence-electron chi connectivity index (χ4n) is 5.83. The van der Waals surface area contributed by atoms with Crippen molar-refractivity contribution in [2.24, 2.45) is 17.8 Å². The van der Waals surface area contributed by atoms with Gasteiger partial charge in [0.15, 0.2) is 0 Å². The number of carbonyl (C=O) groups is 1. The molecule has 2 saturated carbocycles. The SMILES string of the molecule is Cc1ccc(-c2noc(CCCN3CCN(C(=O)CC4CC5CCC4C5)CC3)n2)cc1. The standard InChI is InChI=1S/C25H34N4O2/c1-18-4-7-20(8-5-18)25-26-23(31-27-25)3-2-10-28-11-13-29(14-12-28)24(30)17-22-16-19-6-9-21(22)15-19/h4-5,7-8,19,21-22H,2-3,6,9-17H2,1H3. The maximum atomic E-state index is 12.8. The monoisotopic (exact) mass is 422 g/mol. The molecule has 0 radical (unpaired) electrons. The first-order valence-corrected chi connectivity index (χ1v) is 12.0. The molecule has 0 spiro atoms. The molecule has 1 aliphatic heterocycles. The summed E-state index contributed by atoms with van der Waals surface area (Å²) in [6, 6.07) is 8.19. The molecule has 1 amide bonds. The van der Waals surface area contributed by atoms with Gasteiger partial charge in [-0.2, -0.15) is 4.98 Å².